The van der Waals surface area contributed by atoms with Gasteiger partial charge in [-0.15, -0.1) is 0 Å². The van der Waals surface area contributed by atoms with Crippen LogP contribution in [0.4, 0.5) is 0 Å². The summed E-state index contributed by atoms with van der Waals surface area (Å²) >= 11 is 25.1. The van der Waals surface area contributed by atoms with Crippen molar-refractivity contribution in [3.8, 4) is 28.5 Å². The lowest BCUT2D eigenvalue weighted by Gasteiger charge is -2.14. The minimum atomic E-state index is 0.238. The van der Waals surface area contributed by atoms with Crippen LogP contribution in [0.5, 0.6) is 0 Å². The van der Waals surface area contributed by atoms with Gasteiger partial charge in [0.1, 0.15) is 0 Å². The van der Waals surface area contributed by atoms with Gasteiger partial charge in [0.2, 0.25) is 0 Å². The highest BCUT2D eigenvalue weighted by molar-refractivity contribution is 6.44. The molecule has 0 aliphatic carbocycles. The fourth-order valence-electron chi connectivity index (χ4n) is 2.51. The van der Waals surface area contributed by atoms with Crippen LogP contribution < -0.4 is 0 Å². The van der Waals surface area contributed by atoms with E-state index in [0.717, 1.165) is 11.1 Å². The summed E-state index contributed by atoms with van der Waals surface area (Å²) in [6, 6.07) is 14.7. The van der Waals surface area contributed by atoms with E-state index in [4.69, 9.17) is 51.7 Å². The number of halogens is 4. The van der Waals surface area contributed by atoms with Gasteiger partial charge in [-0.05, 0) is 23.8 Å². The molecule has 0 fully saturated rings. The Balaban J connectivity index is 2.31. The van der Waals surface area contributed by atoms with Crippen LogP contribution in [0.15, 0.2) is 48.7 Å². The van der Waals surface area contributed by atoms with E-state index < -0.39 is 0 Å². The molecule has 0 N–H and O–H groups in total. The first-order chi connectivity index (χ1) is 12.0. The lowest BCUT2D eigenvalue weighted by atomic mass is 9.97. The summed E-state index contributed by atoms with van der Waals surface area (Å²) in [6.45, 7) is 0. The largest absolute Gasteiger partial charge is 0.255 e. The zero-order valence-corrected chi connectivity index (χ0v) is 15.8. The molecule has 2 nitrogen and oxygen atoms in total. The molecule has 0 spiro atoms. The molecule has 1 heterocycles. The molecule has 0 radical (unpaired) electrons. The normalized spacial score (nSPS) is 10.5. The maximum Gasteiger partial charge on any atom is 0.0796 e. The molecule has 3 aromatic rings. The average molecular weight is 408 g/mol. The molecule has 0 aliphatic heterocycles. The van der Waals surface area contributed by atoms with Crippen LogP contribution in [-0.2, 0) is 6.42 Å². The van der Waals surface area contributed by atoms with Crippen LogP contribution >= 0.6 is 46.4 Å². The van der Waals surface area contributed by atoms with E-state index in [1.165, 1.54) is 0 Å². The topological polar surface area (TPSA) is 36.7 Å². The lowest BCUT2D eigenvalue weighted by Crippen LogP contribution is -1.95. The van der Waals surface area contributed by atoms with Gasteiger partial charge in [0.25, 0.3) is 0 Å². The Morgan fingerprint density at radius 2 is 1.44 bits per heavy atom. The van der Waals surface area contributed by atoms with Gasteiger partial charge in [-0.1, -0.05) is 70.7 Å². The van der Waals surface area contributed by atoms with Gasteiger partial charge in [0.15, 0.2) is 0 Å². The predicted molar refractivity (Wildman–Crippen MR) is 104 cm³/mol. The second-order valence-corrected chi connectivity index (χ2v) is 6.85. The fourth-order valence-corrected chi connectivity index (χ4v) is 3.31. The summed E-state index contributed by atoms with van der Waals surface area (Å²) in [5.41, 5.74) is 3.54. The van der Waals surface area contributed by atoms with Gasteiger partial charge in [-0.2, -0.15) is 5.26 Å². The molecule has 0 saturated heterocycles. The van der Waals surface area contributed by atoms with E-state index >= 15 is 0 Å². The number of pyridine rings is 1. The number of rotatable bonds is 3. The van der Waals surface area contributed by atoms with Gasteiger partial charge in [0, 0.05) is 22.9 Å². The van der Waals surface area contributed by atoms with Crippen molar-refractivity contribution in [3.05, 3.63) is 74.3 Å². The maximum absolute atomic E-state index is 8.98. The van der Waals surface area contributed by atoms with Crippen molar-refractivity contribution >= 4 is 46.4 Å². The molecule has 1 aromatic heterocycles. The summed E-state index contributed by atoms with van der Waals surface area (Å²) in [5, 5.41) is 10.7. The Morgan fingerprint density at radius 1 is 0.840 bits per heavy atom. The lowest BCUT2D eigenvalue weighted by molar-refractivity contribution is 1.19. The Kier molecular flexibility index (Phi) is 5.51. The molecule has 3 rings (SSSR count). The second kappa shape index (κ2) is 7.64. The second-order valence-electron chi connectivity index (χ2n) is 5.28. The van der Waals surface area contributed by atoms with Crippen LogP contribution in [0, 0.1) is 11.3 Å². The van der Waals surface area contributed by atoms with Crippen molar-refractivity contribution in [1.82, 2.24) is 4.98 Å². The third-order valence-electron chi connectivity index (χ3n) is 3.68. The Morgan fingerprint density at radius 3 is 2.08 bits per heavy atom. The number of aromatic nitrogens is 1. The summed E-state index contributed by atoms with van der Waals surface area (Å²) in [6.07, 6.45) is 1.89. The molecular weight excluding hydrogens is 398 g/mol. The van der Waals surface area contributed by atoms with Crippen molar-refractivity contribution in [1.29, 1.82) is 5.26 Å². The predicted octanol–water partition coefficient (Wildman–Crippen LogP) is 7.10. The van der Waals surface area contributed by atoms with Crippen molar-refractivity contribution in [3.63, 3.8) is 0 Å². The molecule has 0 saturated carbocycles. The first kappa shape index (κ1) is 18.0. The number of hydrogen-bond donors (Lipinski definition) is 0. The number of benzene rings is 2. The Bertz CT molecular complexity index is 993. The number of nitrogens with zero attached hydrogens (tertiary/aromatic N) is 2. The molecule has 0 unspecified atom stereocenters. The highest BCUT2D eigenvalue weighted by Gasteiger charge is 2.17. The Labute approximate surface area is 165 Å². The molecule has 6 heteroatoms. The van der Waals surface area contributed by atoms with Crippen molar-refractivity contribution in [2.24, 2.45) is 0 Å². The summed E-state index contributed by atoms with van der Waals surface area (Å²) < 4.78 is 0. The summed E-state index contributed by atoms with van der Waals surface area (Å²) in [5.74, 6) is 0. The van der Waals surface area contributed by atoms with Crippen LogP contribution in [0.2, 0.25) is 20.1 Å². The molecule has 2 aromatic carbocycles. The van der Waals surface area contributed by atoms with Gasteiger partial charge in [0.05, 0.1) is 38.3 Å². The zero-order chi connectivity index (χ0) is 18.0. The van der Waals surface area contributed by atoms with E-state index in [1.807, 2.05) is 24.3 Å². The summed E-state index contributed by atoms with van der Waals surface area (Å²) in [7, 11) is 0. The third-order valence-corrected chi connectivity index (χ3v) is 5.31. The van der Waals surface area contributed by atoms with E-state index in [9.17, 15) is 0 Å². The van der Waals surface area contributed by atoms with Gasteiger partial charge < -0.3 is 0 Å². The number of hydrogen-bond acceptors (Lipinski definition) is 2. The van der Waals surface area contributed by atoms with Crippen LogP contribution in [0.25, 0.3) is 22.4 Å². The molecule has 0 atom stereocenters. The molecule has 25 heavy (non-hydrogen) atoms. The minimum absolute atomic E-state index is 0.238. The van der Waals surface area contributed by atoms with E-state index in [2.05, 4.69) is 11.1 Å². The number of nitriles is 1. The molecule has 0 bridgehead atoms. The van der Waals surface area contributed by atoms with Gasteiger partial charge in [-0.25, -0.2) is 0 Å². The summed E-state index contributed by atoms with van der Waals surface area (Å²) in [4.78, 5) is 4.52. The first-order valence-electron chi connectivity index (χ1n) is 7.27. The highest BCUT2D eigenvalue weighted by Crippen LogP contribution is 2.41. The van der Waals surface area contributed by atoms with Crippen molar-refractivity contribution < 1.29 is 0 Å². The maximum atomic E-state index is 8.98. The minimum Gasteiger partial charge on any atom is -0.255 e. The SMILES string of the molecule is N#CCc1cnc(-c2cccc(Cl)c2Cl)c(-c2cccc(Cl)c2Cl)c1. The van der Waals surface area contributed by atoms with Gasteiger partial charge in [-0.3, -0.25) is 4.98 Å². The van der Waals surface area contributed by atoms with E-state index in [-0.39, 0.29) is 6.42 Å². The quantitative estimate of drug-likeness (QED) is 0.464. The third kappa shape index (κ3) is 3.61. The molecule has 0 aliphatic rings. The highest BCUT2D eigenvalue weighted by atomic mass is 35.5. The van der Waals surface area contributed by atoms with Crippen LogP contribution in [0.1, 0.15) is 5.56 Å². The van der Waals surface area contributed by atoms with Crippen LogP contribution in [0.3, 0.4) is 0 Å². The smallest absolute Gasteiger partial charge is 0.0796 e. The first-order valence-corrected chi connectivity index (χ1v) is 8.78. The molecule has 0 amide bonds. The average Bonchev–Trinajstić information content (AvgIpc) is 2.60. The van der Waals surface area contributed by atoms with Crippen molar-refractivity contribution in [2.75, 3.05) is 0 Å². The fraction of sp³-hybridized carbons (Fsp3) is 0.0526. The van der Waals surface area contributed by atoms with Gasteiger partial charge >= 0.3 is 0 Å². The molecule has 124 valence electrons. The monoisotopic (exact) mass is 406 g/mol. The molecular formula is C19H10Cl4N2. The standard InChI is InChI=1S/C19H10Cl4N2/c20-15-5-1-3-12(17(15)22)14-9-11(7-8-24)10-25-19(14)13-4-2-6-16(21)18(13)23/h1-6,9-10H,7H2. The Hall–Kier alpha value is -1.76. The van der Waals surface area contributed by atoms with Crippen molar-refractivity contribution in [2.45, 2.75) is 6.42 Å². The van der Waals surface area contributed by atoms with Crippen LogP contribution in [-0.4, -0.2) is 4.98 Å². The van der Waals surface area contributed by atoms with E-state index in [1.54, 1.807) is 24.4 Å². The van der Waals surface area contributed by atoms with E-state index in [0.29, 0.717) is 36.9 Å². The zero-order valence-electron chi connectivity index (χ0n) is 12.7.